The van der Waals surface area contributed by atoms with Crippen molar-refractivity contribution >= 4 is 6.02 Å². The lowest BCUT2D eigenvalue weighted by atomic mass is 10.2. The smallest absolute Gasteiger partial charge is 0.282 e. The van der Waals surface area contributed by atoms with Crippen LogP contribution in [0, 0.1) is 0 Å². The molecule has 0 fully saturated rings. The topological polar surface area (TPSA) is 111 Å². The molecule has 20 heavy (non-hydrogen) atoms. The van der Waals surface area contributed by atoms with Gasteiger partial charge in [0.25, 0.3) is 6.02 Å². The van der Waals surface area contributed by atoms with Gasteiger partial charge in [0.15, 0.2) is 0 Å². The fraction of sp³-hybridized carbons (Fsp3) is 0.333. The SMILES string of the molecule is NC1=N[C@@H](CCOc2cccc(-c3nn[nH]n3)c2)CO1. The van der Waals surface area contributed by atoms with E-state index in [0.717, 1.165) is 17.7 Å². The van der Waals surface area contributed by atoms with Crippen LogP contribution in [0.1, 0.15) is 6.42 Å². The standard InChI is InChI=1S/C12H14N6O2/c13-12-14-9(7-20-12)4-5-19-10-3-1-2-8(6-10)11-15-17-18-16-11/h1-3,6,9H,4-5,7H2,(H2,13,14)(H,15,16,17,18)/t9-/m0/s1. The van der Waals surface area contributed by atoms with Crippen LogP contribution in [0.2, 0.25) is 0 Å². The molecule has 0 radical (unpaired) electrons. The summed E-state index contributed by atoms with van der Waals surface area (Å²) in [5.74, 6) is 1.29. The van der Waals surface area contributed by atoms with Crippen molar-refractivity contribution < 1.29 is 9.47 Å². The van der Waals surface area contributed by atoms with E-state index in [-0.39, 0.29) is 12.1 Å². The number of rotatable bonds is 5. The van der Waals surface area contributed by atoms with Gasteiger partial charge >= 0.3 is 0 Å². The van der Waals surface area contributed by atoms with E-state index in [2.05, 4.69) is 25.6 Å². The number of H-pyrrole nitrogens is 1. The van der Waals surface area contributed by atoms with Crippen LogP contribution in [0.3, 0.4) is 0 Å². The second-order valence-electron chi connectivity index (χ2n) is 4.33. The minimum absolute atomic E-state index is 0.0791. The summed E-state index contributed by atoms with van der Waals surface area (Å²) in [6.45, 7) is 1.07. The van der Waals surface area contributed by atoms with E-state index in [0.29, 0.717) is 19.0 Å². The van der Waals surface area contributed by atoms with Gasteiger partial charge in [-0.1, -0.05) is 12.1 Å². The molecule has 3 N–H and O–H groups in total. The molecule has 1 aromatic carbocycles. The largest absolute Gasteiger partial charge is 0.493 e. The number of tetrazole rings is 1. The molecule has 0 aliphatic carbocycles. The molecule has 3 rings (SSSR count). The zero-order valence-corrected chi connectivity index (χ0v) is 10.7. The summed E-state index contributed by atoms with van der Waals surface area (Å²) in [5, 5.41) is 13.8. The molecule has 8 heteroatoms. The molecule has 0 saturated heterocycles. The fourth-order valence-corrected chi connectivity index (χ4v) is 1.91. The van der Waals surface area contributed by atoms with Crippen molar-refractivity contribution in [3.8, 4) is 17.1 Å². The minimum Gasteiger partial charge on any atom is -0.493 e. The van der Waals surface area contributed by atoms with Gasteiger partial charge in [0.1, 0.15) is 12.4 Å². The second kappa shape index (κ2) is 5.55. The number of nitrogens with two attached hydrogens (primary N) is 1. The van der Waals surface area contributed by atoms with E-state index in [9.17, 15) is 0 Å². The van der Waals surface area contributed by atoms with E-state index in [1.807, 2.05) is 24.3 Å². The number of benzene rings is 1. The Morgan fingerprint density at radius 3 is 3.15 bits per heavy atom. The number of amidine groups is 1. The predicted octanol–water partition coefficient (Wildman–Crippen LogP) is 0.349. The van der Waals surface area contributed by atoms with Crippen LogP contribution in [0.4, 0.5) is 0 Å². The van der Waals surface area contributed by atoms with Gasteiger partial charge in [-0.2, -0.15) is 5.21 Å². The summed E-state index contributed by atoms with van der Waals surface area (Å²) in [4.78, 5) is 4.14. The van der Waals surface area contributed by atoms with Crippen molar-refractivity contribution in [3.63, 3.8) is 0 Å². The van der Waals surface area contributed by atoms with Crippen LogP contribution in [0.25, 0.3) is 11.4 Å². The van der Waals surface area contributed by atoms with Gasteiger partial charge in [-0.3, -0.25) is 0 Å². The second-order valence-corrected chi connectivity index (χ2v) is 4.33. The highest BCUT2D eigenvalue weighted by Crippen LogP contribution is 2.20. The van der Waals surface area contributed by atoms with Crippen LogP contribution >= 0.6 is 0 Å². The Bertz CT molecular complexity index is 598. The Labute approximate surface area is 115 Å². The zero-order valence-electron chi connectivity index (χ0n) is 10.7. The zero-order chi connectivity index (χ0) is 13.8. The molecule has 2 heterocycles. The maximum absolute atomic E-state index is 5.69. The third-order valence-corrected chi connectivity index (χ3v) is 2.89. The minimum atomic E-state index is 0.0791. The first-order chi connectivity index (χ1) is 9.81. The van der Waals surface area contributed by atoms with Crippen LogP contribution in [-0.4, -0.2) is 45.9 Å². The highest BCUT2D eigenvalue weighted by molar-refractivity contribution is 5.73. The van der Waals surface area contributed by atoms with Gasteiger partial charge in [0, 0.05) is 12.0 Å². The molecule has 0 bridgehead atoms. The number of nitrogens with one attached hydrogen (secondary N) is 1. The normalized spacial score (nSPS) is 17.6. The molecule has 8 nitrogen and oxygen atoms in total. The third kappa shape index (κ3) is 2.85. The van der Waals surface area contributed by atoms with Gasteiger partial charge in [-0.15, -0.1) is 10.2 Å². The molecule has 104 valence electrons. The van der Waals surface area contributed by atoms with Gasteiger partial charge in [0.2, 0.25) is 5.82 Å². The lowest BCUT2D eigenvalue weighted by Gasteiger charge is -2.08. The van der Waals surface area contributed by atoms with Crippen molar-refractivity contribution in [2.45, 2.75) is 12.5 Å². The molecular formula is C12H14N6O2. The van der Waals surface area contributed by atoms with E-state index in [1.165, 1.54) is 0 Å². The molecule has 1 aromatic heterocycles. The predicted molar refractivity (Wildman–Crippen MR) is 71.1 cm³/mol. The Morgan fingerprint density at radius 1 is 1.45 bits per heavy atom. The van der Waals surface area contributed by atoms with Gasteiger partial charge in [0.05, 0.1) is 12.6 Å². The first kappa shape index (κ1) is 12.4. The van der Waals surface area contributed by atoms with Crippen LogP contribution < -0.4 is 10.5 Å². The van der Waals surface area contributed by atoms with Crippen molar-refractivity contribution in [3.05, 3.63) is 24.3 Å². The van der Waals surface area contributed by atoms with Crippen LogP contribution in [0.15, 0.2) is 29.3 Å². The number of hydrogen-bond acceptors (Lipinski definition) is 7. The van der Waals surface area contributed by atoms with Crippen molar-refractivity contribution in [1.29, 1.82) is 0 Å². The molecule has 0 saturated carbocycles. The van der Waals surface area contributed by atoms with Crippen molar-refractivity contribution in [2.24, 2.45) is 10.7 Å². The Hall–Kier alpha value is -2.64. The number of aromatic nitrogens is 4. The van der Waals surface area contributed by atoms with Gasteiger partial charge < -0.3 is 15.2 Å². The molecule has 0 amide bonds. The average Bonchev–Trinajstić information content (AvgIpc) is 3.11. The summed E-state index contributed by atoms with van der Waals surface area (Å²) in [5.41, 5.74) is 6.30. The summed E-state index contributed by atoms with van der Waals surface area (Å²) < 4.78 is 10.8. The first-order valence-corrected chi connectivity index (χ1v) is 6.24. The fourth-order valence-electron chi connectivity index (χ4n) is 1.91. The summed E-state index contributed by atoms with van der Waals surface area (Å²) in [6, 6.07) is 7.87. The number of aliphatic imine (C=N–C) groups is 1. The van der Waals surface area contributed by atoms with Crippen molar-refractivity contribution in [2.75, 3.05) is 13.2 Å². The third-order valence-electron chi connectivity index (χ3n) is 2.89. The number of hydrogen-bond donors (Lipinski definition) is 2. The maximum atomic E-state index is 5.69. The highest BCUT2D eigenvalue weighted by Gasteiger charge is 2.16. The molecular weight excluding hydrogens is 260 g/mol. The van der Waals surface area contributed by atoms with E-state index >= 15 is 0 Å². The molecule has 0 unspecified atom stereocenters. The molecule has 2 aromatic rings. The first-order valence-electron chi connectivity index (χ1n) is 6.24. The summed E-state index contributed by atoms with van der Waals surface area (Å²) in [6.07, 6.45) is 0.757. The Morgan fingerprint density at radius 2 is 2.40 bits per heavy atom. The van der Waals surface area contributed by atoms with Gasteiger partial charge in [-0.25, -0.2) is 4.99 Å². The quantitative estimate of drug-likeness (QED) is 0.813. The monoisotopic (exact) mass is 274 g/mol. The van der Waals surface area contributed by atoms with E-state index in [1.54, 1.807) is 0 Å². The van der Waals surface area contributed by atoms with E-state index < -0.39 is 0 Å². The Balaban J connectivity index is 1.57. The van der Waals surface area contributed by atoms with Crippen LogP contribution in [0.5, 0.6) is 5.75 Å². The average molecular weight is 274 g/mol. The summed E-state index contributed by atoms with van der Waals surface area (Å²) in [7, 11) is 0. The lowest BCUT2D eigenvalue weighted by Crippen LogP contribution is -2.12. The highest BCUT2D eigenvalue weighted by atomic mass is 16.5. The van der Waals surface area contributed by atoms with Crippen LogP contribution in [-0.2, 0) is 4.74 Å². The lowest BCUT2D eigenvalue weighted by molar-refractivity contribution is 0.263. The Kier molecular flexibility index (Phi) is 3.44. The number of aromatic amines is 1. The number of ether oxygens (including phenoxy) is 2. The molecule has 1 atom stereocenters. The summed E-state index contributed by atoms with van der Waals surface area (Å²) >= 11 is 0. The molecule has 1 aliphatic rings. The van der Waals surface area contributed by atoms with E-state index in [4.69, 9.17) is 15.2 Å². The maximum Gasteiger partial charge on any atom is 0.282 e. The molecule has 0 spiro atoms. The van der Waals surface area contributed by atoms with Gasteiger partial charge in [-0.05, 0) is 17.3 Å². The van der Waals surface area contributed by atoms with Crippen molar-refractivity contribution in [1.82, 2.24) is 20.6 Å². The number of nitrogens with zero attached hydrogens (tertiary/aromatic N) is 4. The molecule has 1 aliphatic heterocycles.